The van der Waals surface area contributed by atoms with Crippen LogP contribution in [0.3, 0.4) is 0 Å². The van der Waals surface area contributed by atoms with Gasteiger partial charge in [-0.1, -0.05) is 11.8 Å². The summed E-state index contributed by atoms with van der Waals surface area (Å²) in [6.45, 7) is 4.52. The molecule has 1 saturated heterocycles. The van der Waals surface area contributed by atoms with E-state index < -0.39 is 0 Å². The summed E-state index contributed by atoms with van der Waals surface area (Å²) in [7, 11) is 0. The van der Waals surface area contributed by atoms with Crippen LogP contribution < -0.4 is 5.73 Å². The third-order valence-electron chi connectivity index (χ3n) is 3.75. The second-order valence-corrected chi connectivity index (χ2v) is 5.31. The van der Waals surface area contributed by atoms with E-state index in [2.05, 4.69) is 30.7 Å². The van der Waals surface area contributed by atoms with Gasteiger partial charge in [0, 0.05) is 30.0 Å². The van der Waals surface area contributed by atoms with Gasteiger partial charge < -0.3 is 10.6 Å². The Hall–Kier alpha value is -1.86. The molecule has 0 saturated carbocycles. The molecule has 1 amide bonds. The van der Waals surface area contributed by atoms with Crippen LogP contribution in [0.1, 0.15) is 49.0 Å². The lowest BCUT2D eigenvalue weighted by atomic mass is 9.96. The van der Waals surface area contributed by atoms with Gasteiger partial charge in [0.25, 0.3) is 5.91 Å². The van der Waals surface area contributed by atoms with Gasteiger partial charge in [0.2, 0.25) is 0 Å². The van der Waals surface area contributed by atoms with Crippen LogP contribution in [0.4, 0.5) is 0 Å². The quantitative estimate of drug-likeness (QED) is 0.792. The zero-order chi connectivity index (χ0) is 14.5. The van der Waals surface area contributed by atoms with Crippen LogP contribution in [0.25, 0.3) is 0 Å². The molecule has 2 rings (SSSR count). The van der Waals surface area contributed by atoms with Gasteiger partial charge in [0.05, 0.1) is 12.1 Å². The van der Waals surface area contributed by atoms with Crippen molar-refractivity contribution in [3.05, 3.63) is 29.6 Å². The molecular weight excluding hydrogens is 250 g/mol. The van der Waals surface area contributed by atoms with Crippen LogP contribution in [-0.2, 0) is 0 Å². The normalized spacial score (nSPS) is 22.1. The van der Waals surface area contributed by atoms with E-state index in [9.17, 15) is 4.79 Å². The molecule has 1 aliphatic heterocycles. The Bertz CT molecular complexity index is 534. The van der Waals surface area contributed by atoms with Crippen LogP contribution >= 0.6 is 0 Å². The van der Waals surface area contributed by atoms with Gasteiger partial charge in [0.15, 0.2) is 0 Å². The van der Waals surface area contributed by atoms with E-state index in [-0.39, 0.29) is 18.0 Å². The molecule has 2 atom stereocenters. The number of nitrogens with two attached hydrogens (primary N) is 1. The van der Waals surface area contributed by atoms with Gasteiger partial charge in [-0.05, 0) is 39.2 Å². The third-order valence-corrected chi connectivity index (χ3v) is 3.75. The summed E-state index contributed by atoms with van der Waals surface area (Å²) in [4.78, 5) is 18.7. The first-order chi connectivity index (χ1) is 9.63. The number of piperidine rings is 1. The molecule has 106 valence electrons. The minimum atomic E-state index is 0.0496. The van der Waals surface area contributed by atoms with Gasteiger partial charge in [-0.25, -0.2) is 0 Å². The van der Waals surface area contributed by atoms with E-state index in [1.807, 2.05) is 4.90 Å². The third kappa shape index (κ3) is 3.17. The predicted molar refractivity (Wildman–Crippen MR) is 79.1 cm³/mol. The first kappa shape index (κ1) is 14.5. The largest absolute Gasteiger partial charge is 0.333 e. The highest BCUT2D eigenvalue weighted by molar-refractivity contribution is 5.94. The number of aromatic nitrogens is 1. The molecule has 2 unspecified atom stereocenters. The number of carbonyl (C=O) groups excluding carboxylic acids is 1. The van der Waals surface area contributed by atoms with Gasteiger partial charge in [-0.3, -0.25) is 9.78 Å². The second-order valence-electron chi connectivity index (χ2n) is 5.31. The zero-order valence-electron chi connectivity index (χ0n) is 12.1. The molecule has 0 aliphatic carbocycles. The lowest BCUT2D eigenvalue weighted by Crippen LogP contribution is -2.47. The average molecular weight is 271 g/mol. The Balaban J connectivity index is 2.24. The fourth-order valence-corrected chi connectivity index (χ4v) is 2.75. The highest BCUT2D eigenvalue weighted by Crippen LogP contribution is 2.24. The molecule has 20 heavy (non-hydrogen) atoms. The fourth-order valence-electron chi connectivity index (χ4n) is 2.75. The van der Waals surface area contributed by atoms with Gasteiger partial charge in [-0.2, -0.15) is 0 Å². The van der Waals surface area contributed by atoms with E-state index >= 15 is 0 Å². The van der Waals surface area contributed by atoms with Crippen LogP contribution in [0.5, 0.6) is 0 Å². The smallest absolute Gasteiger partial charge is 0.255 e. The maximum absolute atomic E-state index is 12.7. The van der Waals surface area contributed by atoms with E-state index in [4.69, 9.17) is 5.73 Å². The molecule has 1 aromatic rings. The molecule has 4 heteroatoms. The molecule has 0 radical (unpaired) electrons. The molecule has 0 spiro atoms. The summed E-state index contributed by atoms with van der Waals surface area (Å²) in [6.07, 6.45) is 6.59. The molecule has 2 N–H and O–H groups in total. The number of nitrogens with zero attached hydrogens (tertiary/aromatic N) is 2. The Morgan fingerprint density at radius 3 is 2.75 bits per heavy atom. The molecule has 0 bridgehead atoms. The minimum Gasteiger partial charge on any atom is -0.333 e. The zero-order valence-corrected chi connectivity index (χ0v) is 12.1. The van der Waals surface area contributed by atoms with Crippen molar-refractivity contribution in [3.8, 4) is 11.8 Å². The molecule has 2 heterocycles. The van der Waals surface area contributed by atoms with Crippen LogP contribution in [0.2, 0.25) is 0 Å². The molecule has 1 aliphatic rings. The summed E-state index contributed by atoms with van der Waals surface area (Å²) in [6, 6.07) is 2.36. The van der Waals surface area contributed by atoms with Crippen molar-refractivity contribution in [3.63, 3.8) is 0 Å². The van der Waals surface area contributed by atoms with Crippen LogP contribution in [0.15, 0.2) is 18.5 Å². The number of likely N-dealkylation sites (tertiary alicyclic amines) is 1. The lowest BCUT2D eigenvalue weighted by Gasteiger charge is -2.39. The second kappa shape index (κ2) is 6.53. The van der Waals surface area contributed by atoms with Crippen molar-refractivity contribution >= 4 is 5.91 Å². The summed E-state index contributed by atoms with van der Waals surface area (Å²) in [5, 5.41) is 0. The van der Waals surface area contributed by atoms with Crippen LogP contribution in [0, 0.1) is 11.8 Å². The number of pyridine rings is 1. The first-order valence-electron chi connectivity index (χ1n) is 7.10. The molecule has 4 nitrogen and oxygen atoms in total. The summed E-state index contributed by atoms with van der Waals surface area (Å²) in [5.41, 5.74) is 6.70. The van der Waals surface area contributed by atoms with Gasteiger partial charge in [-0.15, -0.1) is 0 Å². The van der Waals surface area contributed by atoms with Crippen molar-refractivity contribution in [1.82, 2.24) is 9.88 Å². The molecular formula is C16H21N3O. The van der Waals surface area contributed by atoms with Crippen molar-refractivity contribution in [2.24, 2.45) is 5.73 Å². The standard InChI is InChI=1S/C16H21N3O/c1-12-5-3-6-13(2)19(12)16(20)15-9-14(7-4-8-17)10-18-11-15/h9-13H,3,5-6,8,17H2,1-2H3. The first-order valence-corrected chi connectivity index (χ1v) is 7.10. The summed E-state index contributed by atoms with van der Waals surface area (Å²) < 4.78 is 0. The highest BCUT2D eigenvalue weighted by atomic mass is 16.2. The van der Waals surface area contributed by atoms with Gasteiger partial charge >= 0.3 is 0 Å². The van der Waals surface area contributed by atoms with Crippen molar-refractivity contribution in [2.75, 3.05) is 6.54 Å². The Labute approximate surface area is 120 Å². The molecule has 1 aromatic heterocycles. The van der Waals surface area contributed by atoms with Crippen molar-refractivity contribution < 1.29 is 4.79 Å². The Morgan fingerprint density at radius 2 is 2.10 bits per heavy atom. The Kier molecular flexibility index (Phi) is 4.75. The van der Waals surface area contributed by atoms with E-state index in [1.165, 1.54) is 6.42 Å². The van der Waals surface area contributed by atoms with E-state index in [1.54, 1.807) is 18.5 Å². The highest BCUT2D eigenvalue weighted by Gasteiger charge is 2.29. The Morgan fingerprint density at radius 1 is 1.40 bits per heavy atom. The maximum Gasteiger partial charge on any atom is 0.255 e. The number of carbonyl (C=O) groups is 1. The number of amides is 1. The monoisotopic (exact) mass is 271 g/mol. The molecule has 1 fully saturated rings. The predicted octanol–water partition coefficient (Wildman–Crippen LogP) is 1.79. The van der Waals surface area contributed by atoms with Crippen LogP contribution in [-0.4, -0.2) is 34.4 Å². The number of rotatable bonds is 1. The van der Waals surface area contributed by atoms with Crippen molar-refractivity contribution in [1.29, 1.82) is 0 Å². The van der Waals surface area contributed by atoms with Crippen molar-refractivity contribution in [2.45, 2.75) is 45.2 Å². The SMILES string of the molecule is CC1CCCC(C)N1C(=O)c1cncc(C#CCN)c1. The van der Waals surface area contributed by atoms with Gasteiger partial charge in [0.1, 0.15) is 0 Å². The lowest BCUT2D eigenvalue weighted by molar-refractivity contribution is 0.0510. The van der Waals surface area contributed by atoms with E-state index in [0.717, 1.165) is 18.4 Å². The average Bonchev–Trinajstić information content (AvgIpc) is 2.45. The minimum absolute atomic E-state index is 0.0496. The number of hydrogen-bond acceptors (Lipinski definition) is 3. The molecule has 0 aromatic carbocycles. The topological polar surface area (TPSA) is 59.2 Å². The van der Waals surface area contributed by atoms with E-state index in [0.29, 0.717) is 12.1 Å². The fraction of sp³-hybridized carbons (Fsp3) is 0.500. The maximum atomic E-state index is 12.7. The number of hydrogen-bond donors (Lipinski definition) is 1. The summed E-state index contributed by atoms with van der Waals surface area (Å²) >= 11 is 0. The summed E-state index contributed by atoms with van der Waals surface area (Å²) in [5.74, 6) is 5.75.